The standard InChI is InChI=1S/C7H14BrN/c1-6(8)7-2-4-9-5-3-7/h6-7,9H,2-5H2,1H3. The number of piperidine rings is 1. The van der Waals surface area contributed by atoms with Gasteiger partial charge in [-0.1, -0.05) is 22.9 Å². The van der Waals surface area contributed by atoms with Gasteiger partial charge in [0, 0.05) is 4.83 Å². The second-order valence-electron chi connectivity index (χ2n) is 2.76. The third kappa shape index (κ3) is 2.26. The third-order valence-corrected chi connectivity index (χ3v) is 2.78. The molecule has 0 aliphatic carbocycles. The van der Waals surface area contributed by atoms with E-state index in [2.05, 4.69) is 28.2 Å². The van der Waals surface area contributed by atoms with Crippen molar-refractivity contribution in [1.29, 1.82) is 0 Å². The van der Waals surface area contributed by atoms with E-state index in [1.807, 2.05) is 0 Å². The van der Waals surface area contributed by atoms with Crippen molar-refractivity contribution in [3.63, 3.8) is 0 Å². The molecule has 9 heavy (non-hydrogen) atoms. The molecule has 0 aromatic rings. The summed E-state index contributed by atoms with van der Waals surface area (Å²) >= 11 is 3.61. The molecule has 1 aliphatic rings. The molecule has 0 saturated carbocycles. The molecule has 2 heteroatoms. The molecular formula is C7H14BrN. The van der Waals surface area contributed by atoms with Gasteiger partial charge in [-0.2, -0.15) is 0 Å². The van der Waals surface area contributed by atoms with Gasteiger partial charge in [-0.05, 0) is 31.8 Å². The zero-order valence-corrected chi connectivity index (χ0v) is 7.45. The Labute approximate surface area is 65.3 Å². The summed E-state index contributed by atoms with van der Waals surface area (Å²) in [6.45, 7) is 4.66. The average molecular weight is 192 g/mol. The highest BCUT2D eigenvalue weighted by Crippen LogP contribution is 2.21. The van der Waals surface area contributed by atoms with Crippen molar-refractivity contribution in [2.45, 2.75) is 24.6 Å². The Kier molecular flexibility index (Phi) is 2.99. The van der Waals surface area contributed by atoms with Crippen molar-refractivity contribution in [2.75, 3.05) is 13.1 Å². The number of rotatable bonds is 1. The molecule has 0 aromatic carbocycles. The van der Waals surface area contributed by atoms with Gasteiger partial charge in [0.25, 0.3) is 0 Å². The predicted molar refractivity (Wildman–Crippen MR) is 44.0 cm³/mol. The monoisotopic (exact) mass is 191 g/mol. The van der Waals surface area contributed by atoms with E-state index in [1.165, 1.54) is 25.9 Å². The Morgan fingerprint density at radius 2 is 2.00 bits per heavy atom. The van der Waals surface area contributed by atoms with Crippen molar-refractivity contribution < 1.29 is 0 Å². The predicted octanol–water partition coefficient (Wildman–Crippen LogP) is 1.77. The molecule has 1 heterocycles. The lowest BCUT2D eigenvalue weighted by molar-refractivity contribution is 0.376. The first-order valence-electron chi connectivity index (χ1n) is 3.65. The summed E-state index contributed by atoms with van der Waals surface area (Å²) in [7, 11) is 0. The summed E-state index contributed by atoms with van der Waals surface area (Å²) in [5.74, 6) is 0.909. The van der Waals surface area contributed by atoms with Crippen LogP contribution < -0.4 is 5.32 Å². The fourth-order valence-electron chi connectivity index (χ4n) is 1.30. The van der Waals surface area contributed by atoms with Crippen molar-refractivity contribution in [1.82, 2.24) is 5.32 Å². The zero-order chi connectivity index (χ0) is 6.69. The molecule has 54 valence electrons. The van der Waals surface area contributed by atoms with Crippen LogP contribution in [0.1, 0.15) is 19.8 Å². The molecule has 1 N–H and O–H groups in total. The number of halogens is 1. The quantitative estimate of drug-likeness (QED) is 0.624. The minimum absolute atomic E-state index is 0.708. The maximum Gasteiger partial charge on any atom is 0.0146 e. The van der Waals surface area contributed by atoms with E-state index in [1.54, 1.807) is 0 Å². The lowest BCUT2D eigenvalue weighted by atomic mass is 9.96. The van der Waals surface area contributed by atoms with Crippen LogP contribution in [0, 0.1) is 5.92 Å². The van der Waals surface area contributed by atoms with Crippen LogP contribution in [-0.4, -0.2) is 17.9 Å². The molecule has 1 aliphatic heterocycles. The van der Waals surface area contributed by atoms with Crippen LogP contribution in [0.25, 0.3) is 0 Å². The molecule has 1 unspecified atom stereocenters. The summed E-state index contributed by atoms with van der Waals surface area (Å²) < 4.78 is 0. The van der Waals surface area contributed by atoms with Crippen LogP contribution >= 0.6 is 15.9 Å². The second-order valence-corrected chi connectivity index (χ2v) is 4.21. The Balaban J connectivity index is 2.23. The van der Waals surface area contributed by atoms with Gasteiger partial charge >= 0.3 is 0 Å². The molecule has 1 nitrogen and oxygen atoms in total. The van der Waals surface area contributed by atoms with Gasteiger partial charge in [-0.3, -0.25) is 0 Å². The third-order valence-electron chi connectivity index (χ3n) is 2.03. The molecular weight excluding hydrogens is 178 g/mol. The van der Waals surface area contributed by atoms with Gasteiger partial charge in [0.1, 0.15) is 0 Å². The highest BCUT2D eigenvalue weighted by Gasteiger charge is 2.16. The van der Waals surface area contributed by atoms with Crippen LogP contribution in [0.4, 0.5) is 0 Å². The molecule has 1 fully saturated rings. The van der Waals surface area contributed by atoms with E-state index in [0.717, 1.165) is 5.92 Å². The SMILES string of the molecule is CC(Br)C1CCNCC1. The van der Waals surface area contributed by atoms with Crippen LogP contribution in [0.3, 0.4) is 0 Å². The first-order valence-corrected chi connectivity index (χ1v) is 4.57. The number of alkyl halides is 1. The smallest absolute Gasteiger partial charge is 0.0146 e. The molecule has 0 spiro atoms. The highest BCUT2D eigenvalue weighted by atomic mass is 79.9. The summed E-state index contributed by atoms with van der Waals surface area (Å²) in [6, 6.07) is 0. The Morgan fingerprint density at radius 3 is 2.33 bits per heavy atom. The minimum Gasteiger partial charge on any atom is -0.317 e. The highest BCUT2D eigenvalue weighted by molar-refractivity contribution is 9.09. The van der Waals surface area contributed by atoms with Crippen LogP contribution in [-0.2, 0) is 0 Å². The lowest BCUT2D eigenvalue weighted by Gasteiger charge is -2.24. The first-order chi connectivity index (χ1) is 4.30. The van der Waals surface area contributed by atoms with E-state index in [9.17, 15) is 0 Å². The maximum absolute atomic E-state index is 3.61. The van der Waals surface area contributed by atoms with E-state index >= 15 is 0 Å². The Bertz CT molecular complexity index is 77.0. The zero-order valence-electron chi connectivity index (χ0n) is 5.86. The molecule has 1 atom stereocenters. The molecule has 0 bridgehead atoms. The van der Waals surface area contributed by atoms with Gasteiger partial charge in [0.05, 0.1) is 0 Å². The summed E-state index contributed by atoms with van der Waals surface area (Å²) in [5.41, 5.74) is 0. The van der Waals surface area contributed by atoms with Crippen molar-refractivity contribution in [3.05, 3.63) is 0 Å². The Hall–Kier alpha value is 0.440. The van der Waals surface area contributed by atoms with Gasteiger partial charge < -0.3 is 5.32 Å². The topological polar surface area (TPSA) is 12.0 Å². The summed E-state index contributed by atoms with van der Waals surface area (Å²) in [5, 5.41) is 3.35. The van der Waals surface area contributed by atoms with E-state index < -0.39 is 0 Å². The number of nitrogens with one attached hydrogen (secondary N) is 1. The first kappa shape index (κ1) is 7.55. The molecule has 1 rings (SSSR count). The lowest BCUT2D eigenvalue weighted by Crippen LogP contribution is -2.30. The van der Waals surface area contributed by atoms with Crippen molar-refractivity contribution in [2.24, 2.45) is 5.92 Å². The maximum atomic E-state index is 3.61. The van der Waals surface area contributed by atoms with Crippen LogP contribution in [0.2, 0.25) is 0 Å². The van der Waals surface area contributed by atoms with Crippen molar-refractivity contribution >= 4 is 15.9 Å². The number of hydrogen-bond acceptors (Lipinski definition) is 1. The second kappa shape index (κ2) is 3.57. The van der Waals surface area contributed by atoms with Crippen LogP contribution in [0.5, 0.6) is 0 Å². The molecule has 0 radical (unpaired) electrons. The largest absolute Gasteiger partial charge is 0.317 e. The van der Waals surface area contributed by atoms with E-state index in [-0.39, 0.29) is 0 Å². The van der Waals surface area contributed by atoms with Crippen LogP contribution in [0.15, 0.2) is 0 Å². The van der Waals surface area contributed by atoms with Gasteiger partial charge in [-0.25, -0.2) is 0 Å². The van der Waals surface area contributed by atoms with Crippen molar-refractivity contribution in [3.8, 4) is 0 Å². The fraction of sp³-hybridized carbons (Fsp3) is 1.00. The summed E-state index contributed by atoms with van der Waals surface area (Å²) in [6.07, 6.45) is 2.68. The Morgan fingerprint density at radius 1 is 1.44 bits per heavy atom. The van der Waals surface area contributed by atoms with Gasteiger partial charge in [-0.15, -0.1) is 0 Å². The number of hydrogen-bond donors (Lipinski definition) is 1. The average Bonchev–Trinajstić information content (AvgIpc) is 1.90. The van der Waals surface area contributed by atoms with E-state index in [0.29, 0.717) is 4.83 Å². The normalized spacial score (nSPS) is 26.0. The fourth-order valence-corrected chi connectivity index (χ4v) is 1.83. The molecule has 0 amide bonds. The van der Waals surface area contributed by atoms with Gasteiger partial charge in [0.15, 0.2) is 0 Å². The minimum atomic E-state index is 0.708. The molecule has 0 aromatic heterocycles. The van der Waals surface area contributed by atoms with E-state index in [4.69, 9.17) is 0 Å². The molecule has 1 saturated heterocycles. The van der Waals surface area contributed by atoms with Gasteiger partial charge in [0.2, 0.25) is 0 Å². The summed E-state index contributed by atoms with van der Waals surface area (Å²) in [4.78, 5) is 0.708.